The largest absolute Gasteiger partial charge is 0.361 e. The van der Waals surface area contributed by atoms with Crippen molar-refractivity contribution in [3.05, 3.63) is 29.6 Å². The van der Waals surface area contributed by atoms with Crippen LogP contribution in [0.25, 0.3) is 11.4 Å². The summed E-state index contributed by atoms with van der Waals surface area (Å²) in [6.07, 6.45) is 0. The molecule has 16 heavy (non-hydrogen) atoms. The number of rotatable bonds is 3. The van der Waals surface area contributed by atoms with Crippen LogP contribution < -0.4 is 5.32 Å². The number of aromatic nitrogens is 2. The molecule has 0 amide bonds. The summed E-state index contributed by atoms with van der Waals surface area (Å²) in [5, 5.41) is 3.89. The number of halogens is 1. The summed E-state index contributed by atoms with van der Waals surface area (Å²) in [6, 6.07) is 4.89. The average molecular weight is 237 g/mol. The predicted molar refractivity (Wildman–Crippen MR) is 64.2 cm³/mol. The molecule has 2 rings (SSSR count). The number of hydrogen-bond acceptors (Lipinski definition) is 4. The second-order valence-corrected chi connectivity index (χ2v) is 4.17. The van der Waals surface area contributed by atoms with Gasteiger partial charge >= 0.3 is 0 Å². The molecule has 84 valence electrons. The van der Waals surface area contributed by atoms with Crippen molar-refractivity contribution in [1.29, 1.82) is 0 Å². The van der Waals surface area contributed by atoms with Crippen LogP contribution in [0.1, 0.15) is 12.5 Å². The van der Waals surface area contributed by atoms with E-state index in [1.54, 1.807) is 19.1 Å². The second-order valence-electron chi connectivity index (χ2n) is 3.42. The lowest BCUT2D eigenvalue weighted by Crippen LogP contribution is -1.95. The van der Waals surface area contributed by atoms with Crippen LogP contribution in [0.4, 0.5) is 9.52 Å². The van der Waals surface area contributed by atoms with Gasteiger partial charge in [-0.1, -0.05) is 0 Å². The predicted octanol–water partition coefficient (Wildman–Crippen LogP) is 3.08. The lowest BCUT2D eigenvalue weighted by atomic mass is 10.1. The molecule has 0 spiro atoms. The summed E-state index contributed by atoms with van der Waals surface area (Å²) < 4.78 is 17.3. The van der Waals surface area contributed by atoms with Crippen LogP contribution in [0.5, 0.6) is 0 Å². The van der Waals surface area contributed by atoms with Crippen molar-refractivity contribution in [1.82, 2.24) is 9.36 Å². The van der Waals surface area contributed by atoms with Crippen molar-refractivity contribution in [2.45, 2.75) is 13.8 Å². The molecule has 0 unspecified atom stereocenters. The highest BCUT2D eigenvalue weighted by molar-refractivity contribution is 7.09. The topological polar surface area (TPSA) is 37.8 Å². The second kappa shape index (κ2) is 4.57. The molecule has 0 fully saturated rings. The monoisotopic (exact) mass is 237 g/mol. The van der Waals surface area contributed by atoms with E-state index in [0.717, 1.165) is 17.2 Å². The van der Waals surface area contributed by atoms with Crippen molar-refractivity contribution in [3.63, 3.8) is 0 Å². The molecule has 1 heterocycles. The van der Waals surface area contributed by atoms with Crippen LogP contribution in [-0.4, -0.2) is 15.9 Å². The zero-order valence-electron chi connectivity index (χ0n) is 9.12. The van der Waals surface area contributed by atoms with E-state index in [1.807, 2.05) is 6.92 Å². The first-order valence-electron chi connectivity index (χ1n) is 5.05. The molecule has 3 nitrogen and oxygen atoms in total. The Hall–Kier alpha value is -1.49. The van der Waals surface area contributed by atoms with Gasteiger partial charge in [0, 0.05) is 23.6 Å². The van der Waals surface area contributed by atoms with Gasteiger partial charge in [0.25, 0.3) is 0 Å². The SMILES string of the molecule is CCNc1nc(-c2ccc(F)c(C)c2)ns1. The lowest BCUT2D eigenvalue weighted by Gasteiger charge is -1.99. The fraction of sp³-hybridized carbons (Fsp3) is 0.273. The van der Waals surface area contributed by atoms with Crippen LogP contribution in [-0.2, 0) is 0 Å². The number of nitrogens with zero attached hydrogens (tertiary/aromatic N) is 2. The molecule has 1 aromatic carbocycles. The van der Waals surface area contributed by atoms with E-state index in [9.17, 15) is 4.39 Å². The van der Waals surface area contributed by atoms with Crippen LogP contribution in [0.3, 0.4) is 0 Å². The molecule has 1 aromatic heterocycles. The quantitative estimate of drug-likeness (QED) is 0.891. The molecule has 0 bridgehead atoms. The summed E-state index contributed by atoms with van der Waals surface area (Å²) in [4.78, 5) is 4.31. The highest BCUT2D eigenvalue weighted by Crippen LogP contribution is 2.22. The Morgan fingerprint density at radius 2 is 2.25 bits per heavy atom. The average Bonchev–Trinajstić information content (AvgIpc) is 2.71. The fourth-order valence-corrected chi connectivity index (χ4v) is 2.00. The van der Waals surface area contributed by atoms with Gasteiger partial charge in [-0.2, -0.15) is 9.36 Å². The number of hydrogen-bond donors (Lipinski definition) is 1. The van der Waals surface area contributed by atoms with Crippen LogP contribution in [0.2, 0.25) is 0 Å². The maximum Gasteiger partial charge on any atom is 0.202 e. The third kappa shape index (κ3) is 2.19. The van der Waals surface area contributed by atoms with Gasteiger partial charge in [0.2, 0.25) is 5.13 Å². The Morgan fingerprint density at radius 1 is 1.44 bits per heavy atom. The van der Waals surface area contributed by atoms with E-state index < -0.39 is 0 Å². The molecular formula is C11H12FN3S. The highest BCUT2D eigenvalue weighted by Gasteiger charge is 2.07. The van der Waals surface area contributed by atoms with E-state index in [4.69, 9.17) is 0 Å². The van der Waals surface area contributed by atoms with Gasteiger partial charge in [-0.25, -0.2) is 4.39 Å². The van der Waals surface area contributed by atoms with E-state index in [2.05, 4.69) is 14.7 Å². The van der Waals surface area contributed by atoms with Gasteiger partial charge in [-0.15, -0.1) is 0 Å². The van der Waals surface area contributed by atoms with Crippen LogP contribution in [0, 0.1) is 12.7 Å². The van der Waals surface area contributed by atoms with Crippen LogP contribution in [0.15, 0.2) is 18.2 Å². The van der Waals surface area contributed by atoms with Crippen molar-refractivity contribution in [2.24, 2.45) is 0 Å². The third-order valence-electron chi connectivity index (χ3n) is 2.17. The Balaban J connectivity index is 2.31. The van der Waals surface area contributed by atoms with Crippen molar-refractivity contribution in [2.75, 3.05) is 11.9 Å². The molecule has 0 aliphatic rings. The molecule has 2 aromatic rings. The first-order valence-corrected chi connectivity index (χ1v) is 5.82. The standard InChI is InChI=1S/C11H12FN3S/c1-3-13-11-14-10(15-16-11)8-4-5-9(12)7(2)6-8/h4-6H,3H2,1-2H3,(H,13,14,15). The van der Waals surface area contributed by atoms with Crippen LogP contribution >= 0.6 is 11.5 Å². The smallest absolute Gasteiger partial charge is 0.202 e. The molecule has 0 aliphatic carbocycles. The molecule has 5 heteroatoms. The van der Waals surface area contributed by atoms with Gasteiger partial charge in [0.05, 0.1) is 0 Å². The Kier molecular flexibility index (Phi) is 3.14. The summed E-state index contributed by atoms with van der Waals surface area (Å²) in [6.45, 7) is 4.55. The van der Waals surface area contributed by atoms with Crippen molar-refractivity contribution in [3.8, 4) is 11.4 Å². The number of aryl methyl sites for hydroxylation is 1. The Morgan fingerprint density at radius 3 is 2.94 bits per heavy atom. The summed E-state index contributed by atoms with van der Waals surface area (Å²) in [7, 11) is 0. The molecule has 0 saturated heterocycles. The van der Waals surface area contributed by atoms with Gasteiger partial charge in [-0.3, -0.25) is 0 Å². The third-order valence-corrected chi connectivity index (χ3v) is 2.84. The maximum atomic E-state index is 13.1. The first kappa shape index (κ1) is 11.0. The fourth-order valence-electron chi connectivity index (χ4n) is 1.35. The molecule has 0 aliphatic heterocycles. The molecule has 1 N–H and O–H groups in total. The van der Waals surface area contributed by atoms with Gasteiger partial charge in [0.1, 0.15) is 5.82 Å². The van der Waals surface area contributed by atoms with E-state index in [0.29, 0.717) is 11.4 Å². The Bertz CT molecular complexity index is 496. The first-order chi connectivity index (χ1) is 7.70. The van der Waals surface area contributed by atoms with Gasteiger partial charge in [0.15, 0.2) is 5.82 Å². The number of anilines is 1. The Labute approximate surface area is 97.5 Å². The minimum absolute atomic E-state index is 0.203. The highest BCUT2D eigenvalue weighted by atomic mass is 32.1. The van der Waals surface area contributed by atoms with Crippen molar-refractivity contribution < 1.29 is 4.39 Å². The van der Waals surface area contributed by atoms with Gasteiger partial charge < -0.3 is 5.32 Å². The zero-order chi connectivity index (χ0) is 11.5. The molecule has 0 atom stereocenters. The molecular weight excluding hydrogens is 225 g/mol. The van der Waals surface area contributed by atoms with E-state index in [-0.39, 0.29) is 5.82 Å². The summed E-state index contributed by atoms with van der Waals surface area (Å²) in [5.74, 6) is 0.440. The minimum Gasteiger partial charge on any atom is -0.361 e. The molecule has 0 radical (unpaired) electrons. The van der Waals surface area contributed by atoms with Crippen molar-refractivity contribution >= 4 is 16.7 Å². The minimum atomic E-state index is -0.203. The zero-order valence-corrected chi connectivity index (χ0v) is 9.94. The molecule has 0 saturated carbocycles. The lowest BCUT2D eigenvalue weighted by molar-refractivity contribution is 0.618. The number of benzene rings is 1. The van der Waals surface area contributed by atoms with E-state index in [1.165, 1.54) is 17.6 Å². The normalized spacial score (nSPS) is 10.4. The van der Waals surface area contributed by atoms with Gasteiger partial charge in [-0.05, 0) is 37.6 Å². The summed E-state index contributed by atoms with van der Waals surface area (Å²) >= 11 is 1.31. The maximum absolute atomic E-state index is 13.1. The summed E-state index contributed by atoms with van der Waals surface area (Å²) in [5.41, 5.74) is 1.46. The van der Waals surface area contributed by atoms with E-state index >= 15 is 0 Å². The number of nitrogens with one attached hydrogen (secondary N) is 1.